The minimum Gasteiger partial charge on any atom is -0.300 e. The van der Waals surface area contributed by atoms with E-state index in [0.717, 1.165) is 23.3 Å². The maximum atomic E-state index is 11.0. The summed E-state index contributed by atoms with van der Waals surface area (Å²) in [6.07, 6.45) is 5.49. The molecule has 0 radical (unpaired) electrons. The molecule has 1 aromatic carbocycles. The quantitative estimate of drug-likeness (QED) is 0.736. The van der Waals surface area contributed by atoms with Gasteiger partial charge in [-0.3, -0.25) is 9.59 Å². The summed E-state index contributed by atoms with van der Waals surface area (Å²) in [5.41, 5.74) is 2.17. The molecule has 0 heterocycles. The number of Topliss-reactive ketones (excluding diaryl/α,β-unsaturated/α-hetero) is 1. The van der Waals surface area contributed by atoms with Crippen LogP contribution in [0.15, 0.2) is 30.3 Å². The van der Waals surface area contributed by atoms with Crippen molar-refractivity contribution >= 4 is 28.7 Å². The monoisotopic (exact) mass is 262 g/mol. The average Bonchev–Trinajstić information content (AvgIpc) is 2.30. The lowest BCUT2D eigenvalue weighted by molar-refractivity contribution is -0.116. The number of allylic oxidation sites excluding steroid dienone is 1. The first-order chi connectivity index (χ1) is 8.58. The Hall–Kier alpha value is -1.35. The van der Waals surface area contributed by atoms with Crippen molar-refractivity contribution in [3.63, 3.8) is 0 Å². The van der Waals surface area contributed by atoms with Gasteiger partial charge < -0.3 is 0 Å². The maximum absolute atomic E-state index is 11.0. The highest BCUT2D eigenvalue weighted by Crippen LogP contribution is 2.09. The number of hydrogen-bond acceptors (Lipinski definition) is 3. The lowest BCUT2D eigenvalue weighted by Gasteiger charge is -1.98. The van der Waals surface area contributed by atoms with Crippen LogP contribution < -0.4 is 0 Å². The summed E-state index contributed by atoms with van der Waals surface area (Å²) in [6.45, 7) is 3.18. The van der Waals surface area contributed by atoms with Gasteiger partial charge in [0.25, 0.3) is 0 Å². The van der Waals surface area contributed by atoms with Crippen molar-refractivity contribution in [3.05, 3.63) is 41.5 Å². The third kappa shape index (κ3) is 6.40. The number of carbonyl (C=O) groups excluding carboxylic acids is 2. The predicted molar refractivity (Wildman–Crippen MR) is 77.6 cm³/mol. The van der Waals surface area contributed by atoms with Gasteiger partial charge in [0.15, 0.2) is 5.12 Å². The highest BCUT2D eigenvalue weighted by molar-refractivity contribution is 8.13. The number of hydrogen-bond donors (Lipinski definition) is 0. The molecule has 0 aromatic heterocycles. The van der Waals surface area contributed by atoms with Gasteiger partial charge in [0.2, 0.25) is 0 Å². The summed E-state index contributed by atoms with van der Waals surface area (Å²) in [6, 6.07) is 7.97. The molecule has 0 amide bonds. The Kier molecular flexibility index (Phi) is 6.44. The lowest BCUT2D eigenvalue weighted by atomic mass is 10.1. The van der Waals surface area contributed by atoms with Crippen molar-refractivity contribution in [2.45, 2.75) is 26.7 Å². The second kappa shape index (κ2) is 7.88. The molecule has 0 aliphatic carbocycles. The average molecular weight is 262 g/mol. The van der Waals surface area contributed by atoms with Crippen LogP contribution >= 0.6 is 11.8 Å². The molecular weight excluding hydrogens is 244 g/mol. The van der Waals surface area contributed by atoms with E-state index in [1.165, 1.54) is 11.8 Å². The molecule has 0 spiro atoms. The number of rotatable bonds is 6. The van der Waals surface area contributed by atoms with E-state index < -0.39 is 0 Å². The van der Waals surface area contributed by atoms with Gasteiger partial charge in [0, 0.05) is 19.1 Å². The number of carbonyl (C=O) groups is 2. The Labute approximate surface area is 112 Å². The summed E-state index contributed by atoms with van der Waals surface area (Å²) in [5.74, 6) is 1.01. The fourth-order valence-electron chi connectivity index (χ4n) is 1.52. The summed E-state index contributed by atoms with van der Waals surface area (Å²) < 4.78 is 0. The normalized spacial score (nSPS) is 10.8. The standard InChI is InChI=1S/C15H18O2S/c1-12(16)11-15-8-6-14(7-9-15)5-3-4-10-18-13(2)17/h3,5-9H,4,10-11H2,1-2H3. The van der Waals surface area contributed by atoms with Crippen molar-refractivity contribution in [3.8, 4) is 0 Å². The Morgan fingerprint density at radius 1 is 1.17 bits per heavy atom. The van der Waals surface area contributed by atoms with Crippen molar-refractivity contribution in [2.24, 2.45) is 0 Å². The molecule has 0 bridgehead atoms. The molecule has 1 aromatic rings. The molecular formula is C15H18O2S. The second-order valence-corrected chi connectivity index (χ2v) is 5.42. The summed E-state index contributed by atoms with van der Waals surface area (Å²) >= 11 is 1.35. The Bertz CT molecular complexity index is 432. The number of benzene rings is 1. The smallest absolute Gasteiger partial charge is 0.185 e. The zero-order valence-electron chi connectivity index (χ0n) is 10.8. The van der Waals surface area contributed by atoms with E-state index in [9.17, 15) is 9.59 Å². The highest BCUT2D eigenvalue weighted by atomic mass is 32.2. The molecule has 1 rings (SSSR count). The van der Waals surface area contributed by atoms with E-state index in [1.54, 1.807) is 13.8 Å². The van der Waals surface area contributed by atoms with Crippen LogP contribution in [0.3, 0.4) is 0 Å². The van der Waals surface area contributed by atoms with Crippen molar-refractivity contribution in [1.82, 2.24) is 0 Å². The first-order valence-electron chi connectivity index (χ1n) is 5.96. The van der Waals surface area contributed by atoms with Gasteiger partial charge in [-0.2, -0.15) is 0 Å². The third-order valence-corrected chi connectivity index (χ3v) is 3.18. The van der Waals surface area contributed by atoms with Crippen molar-refractivity contribution in [1.29, 1.82) is 0 Å². The van der Waals surface area contributed by atoms with Gasteiger partial charge in [-0.15, -0.1) is 0 Å². The van der Waals surface area contributed by atoms with E-state index in [0.29, 0.717) is 6.42 Å². The Morgan fingerprint density at radius 2 is 1.83 bits per heavy atom. The van der Waals surface area contributed by atoms with Gasteiger partial charge in [-0.25, -0.2) is 0 Å². The Morgan fingerprint density at radius 3 is 2.39 bits per heavy atom. The fraction of sp³-hybridized carbons (Fsp3) is 0.333. The van der Waals surface area contributed by atoms with Crippen LogP contribution in [0.4, 0.5) is 0 Å². The fourth-order valence-corrected chi connectivity index (χ4v) is 2.07. The van der Waals surface area contributed by atoms with E-state index >= 15 is 0 Å². The first-order valence-corrected chi connectivity index (χ1v) is 6.95. The van der Waals surface area contributed by atoms with Crippen LogP contribution in [-0.2, 0) is 16.0 Å². The van der Waals surface area contributed by atoms with Gasteiger partial charge >= 0.3 is 0 Å². The Balaban J connectivity index is 2.40. The molecule has 0 atom stereocenters. The van der Waals surface area contributed by atoms with Gasteiger partial charge in [0.05, 0.1) is 0 Å². The minimum atomic E-state index is 0.164. The van der Waals surface area contributed by atoms with Crippen LogP contribution in [-0.4, -0.2) is 16.7 Å². The van der Waals surface area contributed by atoms with Gasteiger partial charge in [0.1, 0.15) is 5.78 Å². The van der Waals surface area contributed by atoms with Crippen LogP contribution in [0.25, 0.3) is 6.08 Å². The summed E-state index contributed by atoms with van der Waals surface area (Å²) in [5, 5.41) is 0.164. The zero-order valence-corrected chi connectivity index (χ0v) is 11.6. The molecule has 0 aliphatic heterocycles. The van der Waals surface area contributed by atoms with E-state index in [-0.39, 0.29) is 10.9 Å². The van der Waals surface area contributed by atoms with Crippen LogP contribution in [0.5, 0.6) is 0 Å². The topological polar surface area (TPSA) is 34.1 Å². The number of ketones is 1. The zero-order chi connectivity index (χ0) is 13.4. The number of thioether (sulfide) groups is 1. The minimum absolute atomic E-state index is 0.164. The molecule has 0 saturated heterocycles. The third-order valence-electron chi connectivity index (χ3n) is 2.33. The lowest BCUT2D eigenvalue weighted by Crippen LogP contribution is -1.95. The highest BCUT2D eigenvalue weighted by Gasteiger charge is 1.96. The van der Waals surface area contributed by atoms with Crippen molar-refractivity contribution < 1.29 is 9.59 Å². The molecule has 0 aliphatic rings. The molecule has 2 nitrogen and oxygen atoms in total. The second-order valence-electron chi connectivity index (χ2n) is 4.15. The van der Waals surface area contributed by atoms with Gasteiger partial charge in [-0.05, 0) is 24.5 Å². The molecule has 0 saturated carbocycles. The summed E-state index contributed by atoms with van der Waals surface area (Å²) in [7, 11) is 0. The first kappa shape index (κ1) is 14.7. The molecule has 0 unspecified atom stereocenters. The molecule has 18 heavy (non-hydrogen) atoms. The molecule has 0 N–H and O–H groups in total. The van der Waals surface area contributed by atoms with Gasteiger partial charge in [-0.1, -0.05) is 48.2 Å². The molecule has 0 fully saturated rings. The molecule has 3 heteroatoms. The molecule has 96 valence electrons. The van der Waals surface area contributed by atoms with Crippen molar-refractivity contribution in [2.75, 3.05) is 5.75 Å². The van der Waals surface area contributed by atoms with Crippen LogP contribution in [0.2, 0.25) is 0 Å². The van der Waals surface area contributed by atoms with Crippen LogP contribution in [0.1, 0.15) is 31.4 Å². The predicted octanol–water partition coefficient (Wildman–Crippen LogP) is 3.50. The van der Waals surface area contributed by atoms with E-state index in [2.05, 4.69) is 6.08 Å². The SMILES string of the molecule is CC(=O)Cc1ccc(C=CCCSC(C)=O)cc1. The van der Waals surface area contributed by atoms with Crippen LogP contribution in [0, 0.1) is 0 Å². The maximum Gasteiger partial charge on any atom is 0.185 e. The van der Waals surface area contributed by atoms with E-state index in [1.807, 2.05) is 30.3 Å². The van der Waals surface area contributed by atoms with E-state index in [4.69, 9.17) is 0 Å². The largest absolute Gasteiger partial charge is 0.300 e. The summed E-state index contributed by atoms with van der Waals surface area (Å²) in [4.78, 5) is 21.7.